The van der Waals surface area contributed by atoms with Gasteiger partial charge in [0.2, 0.25) is 11.0 Å². The van der Waals surface area contributed by atoms with Crippen molar-refractivity contribution in [3.8, 4) is 0 Å². The number of benzene rings is 1. The Labute approximate surface area is 186 Å². The molecule has 0 spiro atoms. The lowest BCUT2D eigenvalue weighted by Crippen LogP contribution is -2.48. The van der Waals surface area contributed by atoms with Crippen LogP contribution in [0.2, 0.25) is 0 Å². The molecule has 3 aromatic rings. The Morgan fingerprint density at radius 2 is 2.00 bits per heavy atom. The van der Waals surface area contributed by atoms with E-state index in [-0.39, 0.29) is 17.6 Å². The van der Waals surface area contributed by atoms with Gasteiger partial charge in [0.15, 0.2) is 4.34 Å². The Morgan fingerprint density at radius 1 is 1.16 bits per heavy atom. The van der Waals surface area contributed by atoms with Gasteiger partial charge in [0.1, 0.15) is 11.6 Å². The third-order valence-corrected chi connectivity index (χ3v) is 6.79. The number of furan rings is 1. The van der Waals surface area contributed by atoms with Crippen LogP contribution in [0.15, 0.2) is 51.4 Å². The Balaban J connectivity index is 1.23. The monoisotopic (exact) mass is 461 g/mol. The van der Waals surface area contributed by atoms with Crippen LogP contribution in [0.1, 0.15) is 16.1 Å². The number of nitrogens with zero attached hydrogens (tertiary/aromatic N) is 4. The smallest absolute Gasteiger partial charge is 0.254 e. The Morgan fingerprint density at radius 3 is 2.74 bits per heavy atom. The van der Waals surface area contributed by atoms with Crippen molar-refractivity contribution < 1.29 is 18.4 Å². The molecule has 11 heteroatoms. The molecule has 2 aromatic heterocycles. The summed E-state index contributed by atoms with van der Waals surface area (Å²) in [6.07, 6.45) is 1.57. The molecule has 1 fully saturated rings. The molecule has 1 aliphatic rings. The van der Waals surface area contributed by atoms with Crippen molar-refractivity contribution >= 4 is 40.0 Å². The SMILES string of the molecule is O=C(CSc1nnc(N2CCN(C(=O)c3cccc(F)c3)CC2)s1)NCc1ccco1. The van der Waals surface area contributed by atoms with Gasteiger partial charge >= 0.3 is 0 Å². The van der Waals surface area contributed by atoms with E-state index < -0.39 is 5.82 Å². The molecule has 1 saturated heterocycles. The summed E-state index contributed by atoms with van der Waals surface area (Å²) < 4.78 is 19.3. The van der Waals surface area contributed by atoms with E-state index in [1.54, 1.807) is 29.4 Å². The number of hydrogen-bond donors (Lipinski definition) is 1. The van der Waals surface area contributed by atoms with E-state index in [4.69, 9.17) is 4.42 Å². The fourth-order valence-corrected chi connectivity index (χ4v) is 4.79. The van der Waals surface area contributed by atoms with Gasteiger partial charge in [-0.3, -0.25) is 9.59 Å². The highest BCUT2D eigenvalue weighted by Crippen LogP contribution is 2.28. The standard InChI is InChI=1S/C20H20FN5O3S2/c21-15-4-1-3-14(11-15)18(28)25-6-8-26(9-7-25)19-23-24-20(31-19)30-13-17(27)22-12-16-5-2-10-29-16/h1-5,10-11H,6-9,12-13H2,(H,22,27). The summed E-state index contributed by atoms with van der Waals surface area (Å²) in [5, 5.41) is 11.9. The molecule has 31 heavy (non-hydrogen) atoms. The number of hydrogen-bond acceptors (Lipinski definition) is 8. The first-order valence-corrected chi connectivity index (χ1v) is 11.4. The number of aromatic nitrogens is 2. The molecule has 1 aliphatic heterocycles. The second-order valence-electron chi connectivity index (χ2n) is 6.78. The van der Waals surface area contributed by atoms with E-state index in [0.717, 1.165) is 5.13 Å². The number of nitrogens with one attached hydrogen (secondary N) is 1. The molecular weight excluding hydrogens is 441 g/mol. The topological polar surface area (TPSA) is 91.6 Å². The van der Waals surface area contributed by atoms with Crippen molar-refractivity contribution in [3.05, 3.63) is 59.8 Å². The van der Waals surface area contributed by atoms with Crippen LogP contribution < -0.4 is 10.2 Å². The van der Waals surface area contributed by atoms with Crippen LogP contribution in [-0.2, 0) is 11.3 Å². The van der Waals surface area contributed by atoms with Crippen molar-refractivity contribution in [3.63, 3.8) is 0 Å². The van der Waals surface area contributed by atoms with Gasteiger partial charge in [-0.15, -0.1) is 10.2 Å². The summed E-state index contributed by atoms with van der Waals surface area (Å²) in [4.78, 5) is 28.3. The van der Waals surface area contributed by atoms with Gasteiger partial charge in [-0.25, -0.2) is 4.39 Å². The van der Waals surface area contributed by atoms with Gasteiger partial charge in [-0.1, -0.05) is 29.2 Å². The minimum atomic E-state index is -0.418. The lowest BCUT2D eigenvalue weighted by atomic mass is 10.2. The van der Waals surface area contributed by atoms with E-state index in [2.05, 4.69) is 20.4 Å². The van der Waals surface area contributed by atoms with Gasteiger partial charge in [0.25, 0.3) is 5.91 Å². The number of carbonyl (C=O) groups is 2. The lowest BCUT2D eigenvalue weighted by Gasteiger charge is -2.34. The van der Waals surface area contributed by atoms with Gasteiger partial charge < -0.3 is 19.5 Å². The first-order chi connectivity index (χ1) is 15.1. The molecule has 2 amide bonds. The maximum Gasteiger partial charge on any atom is 0.254 e. The molecule has 3 heterocycles. The number of amides is 2. The van der Waals surface area contributed by atoms with Crippen LogP contribution in [0.3, 0.4) is 0 Å². The second-order valence-corrected chi connectivity index (χ2v) is 8.96. The highest BCUT2D eigenvalue weighted by Gasteiger charge is 2.24. The summed E-state index contributed by atoms with van der Waals surface area (Å²) in [5.74, 6) is 0.242. The number of piperazine rings is 1. The summed E-state index contributed by atoms with van der Waals surface area (Å²) in [6, 6.07) is 9.32. The quantitative estimate of drug-likeness (QED) is 0.541. The maximum absolute atomic E-state index is 13.4. The summed E-state index contributed by atoms with van der Waals surface area (Å²) >= 11 is 2.75. The zero-order valence-corrected chi connectivity index (χ0v) is 18.1. The number of halogens is 1. The number of rotatable bonds is 7. The van der Waals surface area contributed by atoms with Crippen molar-refractivity contribution in [2.45, 2.75) is 10.9 Å². The predicted octanol–water partition coefficient (Wildman–Crippen LogP) is 2.64. The Hall–Kier alpha value is -2.92. The molecule has 0 saturated carbocycles. The number of carbonyl (C=O) groups excluding carboxylic acids is 2. The highest BCUT2D eigenvalue weighted by atomic mass is 32.2. The average Bonchev–Trinajstić information content (AvgIpc) is 3.48. The Kier molecular flexibility index (Phi) is 6.82. The van der Waals surface area contributed by atoms with E-state index in [1.165, 1.54) is 41.3 Å². The minimum absolute atomic E-state index is 0.109. The molecule has 1 N–H and O–H groups in total. The molecule has 1 aromatic carbocycles. The van der Waals surface area contributed by atoms with Gasteiger partial charge in [0.05, 0.1) is 18.6 Å². The van der Waals surface area contributed by atoms with E-state index in [1.807, 2.05) is 0 Å². The van der Waals surface area contributed by atoms with E-state index in [9.17, 15) is 14.0 Å². The molecule has 0 aliphatic carbocycles. The summed E-state index contributed by atoms with van der Waals surface area (Å²) in [6.45, 7) is 2.62. The summed E-state index contributed by atoms with van der Waals surface area (Å²) in [5.41, 5.74) is 0.355. The van der Waals surface area contributed by atoms with Crippen LogP contribution >= 0.6 is 23.1 Å². The van der Waals surface area contributed by atoms with Crippen LogP contribution in [-0.4, -0.2) is 58.8 Å². The minimum Gasteiger partial charge on any atom is -0.467 e. The summed E-state index contributed by atoms with van der Waals surface area (Å²) in [7, 11) is 0. The van der Waals surface area contributed by atoms with Crippen molar-refractivity contribution in [2.75, 3.05) is 36.8 Å². The zero-order chi connectivity index (χ0) is 21.6. The van der Waals surface area contributed by atoms with Crippen molar-refractivity contribution in [2.24, 2.45) is 0 Å². The fourth-order valence-electron chi connectivity index (χ4n) is 3.07. The first-order valence-electron chi connectivity index (χ1n) is 9.63. The van der Waals surface area contributed by atoms with E-state index in [0.29, 0.717) is 48.4 Å². The van der Waals surface area contributed by atoms with Crippen molar-refractivity contribution in [1.29, 1.82) is 0 Å². The molecule has 4 rings (SSSR count). The van der Waals surface area contributed by atoms with Gasteiger partial charge in [-0.05, 0) is 30.3 Å². The van der Waals surface area contributed by atoms with Crippen molar-refractivity contribution in [1.82, 2.24) is 20.4 Å². The predicted molar refractivity (Wildman–Crippen MR) is 116 cm³/mol. The molecule has 0 unspecified atom stereocenters. The average molecular weight is 462 g/mol. The molecule has 162 valence electrons. The van der Waals surface area contributed by atoms with Gasteiger partial charge in [0, 0.05) is 31.7 Å². The fraction of sp³-hybridized carbons (Fsp3) is 0.300. The number of anilines is 1. The molecule has 0 atom stereocenters. The maximum atomic E-state index is 13.4. The first kappa shape index (κ1) is 21.3. The molecule has 0 bridgehead atoms. The Bertz CT molecular complexity index is 1040. The van der Waals surface area contributed by atoms with Crippen LogP contribution in [0.25, 0.3) is 0 Å². The zero-order valence-electron chi connectivity index (χ0n) is 16.5. The van der Waals surface area contributed by atoms with Crippen LogP contribution in [0.4, 0.5) is 9.52 Å². The largest absolute Gasteiger partial charge is 0.467 e. The van der Waals surface area contributed by atoms with Gasteiger partial charge in [-0.2, -0.15) is 0 Å². The third kappa shape index (κ3) is 5.61. The van der Waals surface area contributed by atoms with Crippen LogP contribution in [0, 0.1) is 5.82 Å². The number of thioether (sulfide) groups is 1. The molecule has 0 radical (unpaired) electrons. The normalized spacial score (nSPS) is 14.0. The highest BCUT2D eigenvalue weighted by molar-refractivity contribution is 8.01. The van der Waals surface area contributed by atoms with Crippen LogP contribution in [0.5, 0.6) is 0 Å². The lowest BCUT2D eigenvalue weighted by molar-refractivity contribution is -0.118. The second kappa shape index (κ2) is 9.92. The van der Waals surface area contributed by atoms with E-state index >= 15 is 0 Å². The molecule has 8 nitrogen and oxygen atoms in total. The third-order valence-electron chi connectivity index (χ3n) is 4.67. The molecular formula is C20H20FN5O3S2.